The number of hydrogen-bond donors (Lipinski definition) is 1. The lowest BCUT2D eigenvalue weighted by molar-refractivity contribution is -0.138. The summed E-state index contributed by atoms with van der Waals surface area (Å²) in [4.78, 5) is 26.8. The van der Waals surface area contributed by atoms with Crippen molar-refractivity contribution in [1.29, 1.82) is 0 Å². The van der Waals surface area contributed by atoms with Crippen LogP contribution in [-0.2, 0) is 22.6 Å². The van der Waals surface area contributed by atoms with E-state index in [0.29, 0.717) is 30.3 Å². The van der Waals surface area contributed by atoms with Gasteiger partial charge in [-0.15, -0.1) is 0 Å². The summed E-state index contributed by atoms with van der Waals surface area (Å²) >= 11 is 6.03. The van der Waals surface area contributed by atoms with Crippen LogP contribution in [0.3, 0.4) is 0 Å². The van der Waals surface area contributed by atoms with Crippen LogP contribution in [-0.4, -0.2) is 34.5 Å². The summed E-state index contributed by atoms with van der Waals surface area (Å²) in [5.74, 6) is 0.286. The highest BCUT2D eigenvalue weighted by molar-refractivity contribution is 6.31. The molecule has 1 fully saturated rings. The fourth-order valence-corrected chi connectivity index (χ4v) is 3.33. The number of aromatic nitrogens is 1. The molecule has 1 aliphatic heterocycles. The zero-order chi connectivity index (χ0) is 18.7. The molecular formula is C19H22ClN3O3. The predicted molar refractivity (Wildman–Crippen MR) is 97.7 cm³/mol. The lowest BCUT2D eigenvalue weighted by Gasteiger charge is -2.23. The average Bonchev–Trinajstić information content (AvgIpc) is 3.24. The van der Waals surface area contributed by atoms with Crippen molar-refractivity contribution >= 4 is 23.4 Å². The first-order valence-corrected chi connectivity index (χ1v) is 9.06. The second-order valence-electron chi connectivity index (χ2n) is 6.66. The van der Waals surface area contributed by atoms with Gasteiger partial charge in [-0.1, -0.05) is 28.9 Å². The topological polar surface area (TPSA) is 75.4 Å². The molecule has 3 rings (SSSR count). The van der Waals surface area contributed by atoms with Gasteiger partial charge in [0.05, 0.1) is 12.1 Å². The highest BCUT2D eigenvalue weighted by Crippen LogP contribution is 2.20. The van der Waals surface area contributed by atoms with Gasteiger partial charge >= 0.3 is 0 Å². The van der Waals surface area contributed by atoms with E-state index < -0.39 is 6.04 Å². The van der Waals surface area contributed by atoms with Crippen LogP contribution in [0.25, 0.3) is 0 Å². The molecule has 2 amide bonds. The van der Waals surface area contributed by atoms with Crippen molar-refractivity contribution in [3.05, 3.63) is 51.9 Å². The summed E-state index contributed by atoms with van der Waals surface area (Å²) in [5.41, 5.74) is 2.69. The van der Waals surface area contributed by atoms with Gasteiger partial charge in [0.25, 0.3) is 0 Å². The maximum Gasteiger partial charge on any atom is 0.243 e. The summed E-state index contributed by atoms with van der Waals surface area (Å²) in [5, 5.41) is 7.42. The third kappa shape index (κ3) is 4.25. The molecule has 1 aromatic heterocycles. The Hall–Kier alpha value is -2.34. The Bertz CT molecular complexity index is 818. The first-order valence-electron chi connectivity index (χ1n) is 8.68. The van der Waals surface area contributed by atoms with Gasteiger partial charge in [-0.3, -0.25) is 9.59 Å². The van der Waals surface area contributed by atoms with Gasteiger partial charge in [0, 0.05) is 24.2 Å². The maximum atomic E-state index is 12.6. The minimum atomic E-state index is -0.431. The van der Waals surface area contributed by atoms with Crippen LogP contribution >= 0.6 is 11.6 Å². The second-order valence-corrected chi connectivity index (χ2v) is 7.07. The van der Waals surface area contributed by atoms with E-state index in [2.05, 4.69) is 10.5 Å². The Balaban J connectivity index is 1.58. The quantitative estimate of drug-likeness (QED) is 0.871. The van der Waals surface area contributed by atoms with Crippen LogP contribution in [0.1, 0.15) is 35.4 Å². The number of nitrogens with zero attached hydrogens (tertiary/aromatic N) is 2. The zero-order valence-electron chi connectivity index (χ0n) is 14.9. The van der Waals surface area contributed by atoms with Crippen LogP contribution in [0, 0.1) is 13.8 Å². The number of amides is 2. The van der Waals surface area contributed by atoms with E-state index in [9.17, 15) is 9.59 Å². The van der Waals surface area contributed by atoms with Crippen LogP contribution < -0.4 is 5.32 Å². The SMILES string of the molecule is Cc1cc(CC(=O)N2CCC[C@H]2C(=O)NCc2ccc(Cl)c(C)c2)on1. The van der Waals surface area contributed by atoms with Gasteiger partial charge < -0.3 is 14.7 Å². The van der Waals surface area contributed by atoms with Gasteiger partial charge in [-0.25, -0.2) is 0 Å². The zero-order valence-corrected chi connectivity index (χ0v) is 15.7. The van der Waals surface area contributed by atoms with Gasteiger partial charge in [0.15, 0.2) is 0 Å². The number of carbonyl (C=O) groups excluding carboxylic acids is 2. The smallest absolute Gasteiger partial charge is 0.243 e. The molecule has 1 aliphatic rings. The van der Waals surface area contributed by atoms with E-state index in [1.54, 1.807) is 11.0 Å². The van der Waals surface area contributed by atoms with Crippen molar-refractivity contribution in [1.82, 2.24) is 15.4 Å². The Morgan fingerprint density at radius 3 is 2.85 bits per heavy atom. The molecule has 1 aromatic carbocycles. The predicted octanol–water partition coefficient (Wildman–Crippen LogP) is 2.79. The third-order valence-electron chi connectivity index (χ3n) is 4.57. The number of aryl methyl sites for hydroxylation is 2. The number of benzene rings is 1. The Morgan fingerprint density at radius 1 is 1.35 bits per heavy atom. The molecule has 0 saturated carbocycles. The summed E-state index contributed by atoms with van der Waals surface area (Å²) in [6, 6.07) is 6.97. The van der Waals surface area contributed by atoms with Crippen molar-refractivity contribution in [2.75, 3.05) is 6.54 Å². The highest BCUT2D eigenvalue weighted by Gasteiger charge is 2.34. The minimum Gasteiger partial charge on any atom is -0.361 e. The van der Waals surface area contributed by atoms with Crippen LogP contribution in [0.5, 0.6) is 0 Å². The molecule has 0 radical (unpaired) electrons. The second kappa shape index (κ2) is 7.91. The lowest BCUT2D eigenvalue weighted by Crippen LogP contribution is -2.46. The van der Waals surface area contributed by atoms with E-state index in [1.165, 1.54) is 0 Å². The molecule has 2 aromatic rings. The van der Waals surface area contributed by atoms with Crippen molar-refractivity contribution in [3.8, 4) is 0 Å². The fourth-order valence-electron chi connectivity index (χ4n) is 3.21. The molecule has 0 spiro atoms. The van der Waals surface area contributed by atoms with E-state index >= 15 is 0 Å². The van der Waals surface area contributed by atoms with E-state index in [-0.39, 0.29) is 18.2 Å². The summed E-state index contributed by atoms with van der Waals surface area (Å²) in [6.45, 7) is 4.74. The van der Waals surface area contributed by atoms with Crippen LogP contribution in [0.15, 0.2) is 28.8 Å². The van der Waals surface area contributed by atoms with E-state index in [0.717, 1.165) is 23.2 Å². The normalized spacial score (nSPS) is 16.7. The lowest BCUT2D eigenvalue weighted by atomic mass is 10.1. The molecule has 0 unspecified atom stereocenters. The molecule has 26 heavy (non-hydrogen) atoms. The number of carbonyl (C=O) groups is 2. The summed E-state index contributed by atoms with van der Waals surface area (Å²) < 4.78 is 5.11. The number of nitrogens with one attached hydrogen (secondary N) is 1. The van der Waals surface area contributed by atoms with Crippen molar-refractivity contribution in [2.24, 2.45) is 0 Å². The Kier molecular flexibility index (Phi) is 5.61. The fraction of sp³-hybridized carbons (Fsp3) is 0.421. The molecule has 0 aliphatic carbocycles. The van der Waals surface area contributed by atoms with E-state index in [4.69, 9.17) is 16.1 Å². The molecular weight excluding hydrogens is 354 g/mol. The maximum absolute atomic E-state index is 12.6. The number of halogens is 1. The van der Waals surface area contributed by atoms with Crippen molar-refractivity contribution in [2.45, 2.75) is 45.7 Å². The Morgan fingerprint density at radius 2 is 2.15 bits per heavy atom. The van der Waals surface area contributed by atoms with Crippen molar-refractivity contribution in [3.63, 3.8) is 0 Å². The first kappa shape index (κ1) is 18.5. The Labute approximate surface area is 157 Å². The number of likely N-dealkylation sites (tertiary alicyclic amines) is 1. The summed E-state index contributed by atoms with van der Waals surface area (Å²) in [6.07, 6.45) is 1.62. The van der Waals surface area contributed by atoms with E-state index in [1.807, 2.05) is 32.0 Å². The highest BCUT2D eigenvalue weighted by atomic mass is 35.5. The molecule has 1 saturated heterocycles. The third-order valence-corrected chi connectivity index (χ3v) is 4.99. The number of hydrogen-bond acceptors (Lipinski definition) is 4. The molecule has 0 bridgehead atoms. The molecule has 6 nitrogen and oxygen atoms in total. The van der Waals surface area contributed by atoms with Gasteiger partial charge in [0.1, 0.15) is 11.8 Å². The number of rotatable bonds is 5. The molecule has 7 heteroatoms. The first-order chi connectivity index (χ1) is 12.4. The van der Waals surface area contributed by atoms with Crippen LogP contribution in [0.4, 0.5) is 0 Å². The van der Waals surface area contributed by atoms with Gasteiger partial charge in [-0.05, 0) is 43.9 Å². The van der Waals surface area contributed by atoms with Gasteiger partial charge in [-0.2, -0.15) is 0 Å². The van der Waals surface area contributed by atoms with Gasteiger partial charge in [0.2, 0.25) is 11.8 Å². The molecule has 1 N–H and O–H groups in total. The summed E-state index contributed by atoms with van der Waals surface area (Å²) in [7, 11) is 0. The average molecular weight is 376 g/mol. The molecule has 138 valence electrons. The largest absolute Gasteiger partial charge is 0.361 e. The van der Waals surface area contributed by atoms with Crippen LogP contribution in [0.2, 0.25) is 5.02 Å². The molecule has 2 heterocycles. The standard InChI is InChI=1S/C19H22ClN3O3/c1-12-8-14(5-6-16(12)20)11-21-19(25)17-4-3-7-23(17)18(24)10-15-9-13(2)22-26-15/h5-6,8-9,17H,3-4,7,10-11H2,1-2H3,(H,21,25)/t17-/m0/s1. The van der Waals surface area contributed by atoms with Crippen molar-refractivity contribution < 1.29 is 14.1 Å². The monoisotopic (exact) mass is 375 g/mol. The molecule has 1 atom stereocenters. The minimum absolute atomic E-state index is 0.110.